The average molecular weight is 332 g/mol. The highest BCUT2D eigenvalue weighted by molar-refractivity contribution is 6.30. The molecule has 2 heterocycles. The largest absolute Gasteiger partial charge is 0.486 e. The van der Waals surface area contributed by atoms with Gasteiger partial charge >= 0.3 is 6.18 Å². The molecule has 0 atom stereocenters. The first kappa shape index (κ1) is 16.4. The number of hydrogen-bond donors (Lipinski definition) is 1. The van der Waals surface area contributed by atoms with Crippen LogP contribution in [0.1, 0.15) is 18.2 Å². The number of halogens is 4. The molecule has 0 bridgehead atoms. The van der Waals surface area contributed by atoms with Gasteiger partial charge in [0.1, 0.15) is 23.7 Å². The van der Waals surface area contributed by atoms with E-state index >= 15 is 0 Å². The number of rotatable bonds is 5. The summed E-state index contributed by atoms with van der Waals surface area (Å²) in [6, 6.07) is 4.40. The summed E-state index contributed by atoms with van der Waals surface area (Å²) in [6.45, 7) is 2.25. The van der Waals surface area contributed by atoms with Crippen LogP contribution < -0.4 is 10.1 Å². The summed E-state index contributed by atoms with van der Waals surface area (Å²) >= 11 is 5.70. The van der Waals surface area contributed by atoms with Crippen LogP contribution in [0.25, 0.3) is 0 Å². The first-order chi connectivity index (χ1) is 10.4. The van der Waals surface area contributed by atoms with Gasteiger partial charge < -0.3 is 10.1 Å². The number of hydrogen-bond acceptors (Lipinski definition) is 4. The Kier molecular flexibility index (Phi) is 5.07. The Morgan fingerprint density at radius 3 is 2.59 bits per heavy atom. The van der Waals surface area contributed by atoms with E-state index in [9.17, 15) is 13.2 Å². The fourth-order valence-corrected chi connectivity index (χ4v) is 1.80. The monoisotopic (exact) mass is 331 g/mol. The second kappa shape index (κ2) is 6.83. The quantitative estimate of drug-likeness (QED) is 0.893. The molecule has 2 aromatic heterocycles. The van der Waals surface area contributed by atoms with Crippen molar-refractivity contribution in [2.75, 3.05) is 11.9 Å². The summed E-state index contributed by atoms with van der Waals surface area (Å²) in [7, 11) is 0. The third kappa shape index (κ3) is 4.24. The number of anilines is 1. The highest BCUT2D eigenvalue weighted by atomic mass is 35.5. The van der Waals surface area contributed by atoms with Crippen LogP contribution in [0.15, 0.2) is 30.6 Å². The van der Waals surface area contributed by atoms with E-state index < -0.39 is 11.7 Å². The van der Waals surface area contributed by atoms with E-state index in [2.05, 4.69) is 15.3 Å². The minimum absolute atomic E-state index is 0.101. The molecule has 8 heteroatoms. The molecule has 0 aliphatic carbocycles. The number of nitrogens with zero attached hydrogens (tertiary/aromatic N) is 2. The Morgan fingerprint density at radius 2 is 2.00 bits per heavy atom. The molecule has 0 aromatic carbocycles. The van der Waals surface area contributed by atoms with Gasteiger partial charge in [-0.1, -0.05) is 11.6 Å². The minimum atomic E-state index is -4.54. The number of nitrogens with one attached hydrogen (secondary N) is 1. The maximum Gasteiger partial charge on any atom is 0.421 e. The molecule has 118 valence electrons. The first-order valence-corrected chi connectivity index (χ1v) is 6.82. The zero-order chi connectivity index (χ0) is 16.2. The highest BCUT2D eigenvalue weighted by Crippen LogP contribution is 2.37. The van der Waals surface area contributed by atoms with Crippen molar-refractivity contribution in [3.05, 3.63) is 46.9 Å². The number of ether oxygens (including phenoxy) is 1. The molecule has 22 heavy (non-hydrogen) atoms. The number of aromatic nitrogens is 2. The van der Waals surface area contributed by atoms with Crippen molar-refractivity contribution in [3.63, 3.8) is 0 Å². The van der Waals surface area contributed by atoms with Gasteiger partial charge in [0.05, 0.1) is 10.7 Å². The van der Waals surface area contributed by atoms with Crippen LogP contribution in [-0.4, -0.2) is 16.5 Å². The zero-order valence-corrected chi connectivity index (χ0v) is 12.4. The molecule has 0 saturated heterocycles. The fourth-order valence-electron chi connectivity index (χ4n) is 1.69. The summed E-state index contributed by atoms with van der Waals surface area (Å²) in [5.74, 6) is 0.0183. The highest BCUT2D eigenvalue weighted by Gasteiger charge is 2.35. The van der Waals surface area contributed by atoms with Crippen molar-refractivity contribution >= 4 is 17.4 Å². The van der Waals surface area contributed by atoms with E-state index in [1.54, 1.807) is 12.1 Å². The molecule has 0 spiro atoms. The minimum Gasteiger partial charge on any atom is -0.486 e. The first-order valence-electron chi connectivity index (χ1n) is 6.44. The Bertz CT molecular complexity index is 632. The van der Waals surface area contributed by atoms with E-state index in [-0.39, 0.29) is 12.4 Å². The number of pyridine rings is 2. The lowest BCUT2D eigenvalue weighted by Gasteiger charge is -2.15. The Balaban J connectivity index is 2.22. The van der Waals surface area contributed by atoms with Crippen LogP contribution in [0.2, 0.25) is 5.02 Å². The van der Waals surface area contributed by atoms with Crippen LogP contribution in [0.3, 0.4) is 0 Å². The van der Waals surface area contributed by atoms with Gasteiger partial charge in [-0.05, 0) is 19.1 Å². The Hall–Kier alpha value is -2.02. The summed E-state index contributed by atoms with van der Waals surface area (Å²) in [5, 5.41) is 3.28. The maximum absolute atomic E-state index is 13.0. The van der Waals surface area contributed by atoms with Gasteiger partial charge in [0.25, 0.3) is 0 Å². The lowest BCUT2D eigenvalue weighted by molar-refractivity contribution is -0.139. The fraction of sp³-hybridized carbons (Fsp3) is 0.286. The van der Waals surface area contributed by atoms with Crippen LogP contribution >= 0.6 is 11.6 Å². The molecule has 0 aliphatic rings. The lowest BCUT2D eigenvalue weighted by atomic mass is 10.2. The Morgan fingerprint density at radius 1 is 1.23 bits per heavy atom. The van der Waals surface area contributed by atoms with Crippen molar-refractivity contribution in [3.8, 4) is 5.75 Å². The molecule has 1 N–H and O–H groups in total. The second-order valence-corrected chi connectivity index (χ2v) is 4.79. The molecule has 2 rings (SSSR count). The van der Waals surface area contributed by atoms with Crippen LogP contribution in [0, 0.1) is 0 Å². The van der Waals surface area contributed by atoms with Crippen molar-refractivity contribution in [2.45, 2.75) is 19.7 Å². The normalized spacial score (nSPS) is 11.3. The van der Waals surface area contributed by atoms with Gasteiger partial charge in [-0.25, -0.2) is 4.98 Å². The topological polar surface area (TPSA) is 47.0 Å². The van der Waals surface area contributed by atoms with Gasteiger partial charge in [-0.2, -0.15) is 13.2 Å². The van der Waals surface area contributed by atoms with Gasteiger partial charge in [0.15, 0.2) is 0 Å². The summed E-state index contributed by atoms with van der Waals surface area (Å²) < 4.78 is 44.2. The second-order valence-electron chi connectivity index (χ2n) is 4.35. The SMILES string of the molecule is CCNc1cc(OCc2ccc(Cl)cn2)c(C(F)(F)F)cn1. The molecule has 0 saturated carbocycles. The van der Waals surface area contributed by atoms with E-state index in [0.717, 1.165) is 6.20 Å². The molecule has 4 nitrogen and oxygen atoms in total. The molecule has 0 fully saturated rings. The molecular formula is C14H13ClF3N3O. The lowest BCUT2D eigenvalue weighted by Crippen LogP contribution is -2.11. The van der Waals surface area contributed by atoms with E-state index in [1.807, 2.05) is 6.92 Å². The molecule has 0 amide bonds. The van der Waals surface area contributed by atoms with E-state index in [1.165, 1.54) is 12.3 Å². The van der Waals surface area contributed by atoms with Crippen LogP contribution in [0.4, 0.5) is 19.0 Å². The average Bonchev–Trinajstić information content (AvgIpc) is 2.46. The van der Waals surface area contributed by atoms with Gasteiger partial charge in [-0.15, -0.1) is 0 Å². The summed E-state index contributed by atoms with van der Waals surface area (Å²) in [4.78, 5) is 7.69. The third-order valence-electron chi connectivity index (χ3n) is 2.69. The van der Waals surface area contributed by atoms with Gasteiger partial charge in [0, 0.05) is 25.0 Å². The smallest absolute Gasteiger partial charge is 0.421 e. The molecule has 0 unspecified atom stereocenters. The van der Waals surface area contributed by atoms with Crippen LogP contribution in [0.5, 0.6) is 5.75 Å². The van der Waals surface area contributed by atoms with Crippen molar-refractivity contribution < 1.29 is 17.9 Å². The summed E-state index contributed by atoms with van der Waals surface area (Å²) in [6.07, 6.45) is -2.38. The van der Waals surface area contributed by atoms with Crippen molar-refractivity contribution in [2.24, 2.45) is 0 Å². The van der Waals surface area contributed by atoms with Gasteiger partial charge in [0.2, 0.25) is 0 Å². The molecule has 2 aromatic rings. The van der Waals surface area contributed by atoms with Crippen molar-refractivity contribution in [1.82, 2.24) is 9.97 Å². The van der Waals surface area contributed by atoms with Crippen LogP contribution in [-0.2, 0) is 12.8 Å². The van der Waals surface area contributed by atoms with Gasteiger partial charge in [-0.3, -0.25) is 4.98 Å². The third-order valence-corrected chi connectivity index (χ3v) is 2.92. The van der Waals surface area contributed by atoms with Crippen molar-refractivity contribution in [1.29, 1.82) is 0 Å². The Labute approximate surface area is 130 Å². The standard InChI is InChI=1S/C14H13ClF3N3O/c1-2-19-13-5-12(11(7-21-13)14(16,17)18)22-8-10-4-3-9(15)6-20-10/h3-7H,2,8H2,1H3,(H,19,21). The molecular weight excluding hydrogens is 319 g/mol. The number of alkyl halides is 3. The van der Waals surface area contributed by atoms with E-state index in [4.69, 9.17) is 16.3 Å². The predicted octanol–water partition coefficient (Wildman–Crippen LogP) is 4.16. The predicted molar refractivity (Wildman–Crippen MR) is 77.0 cm³/mol. The summed E-state index contributed by atoms with van der Waals surface area (Å²) in [5.41, 5.74) is -0.456. The van der Waals surface area contributed by atoms with E-state index in [0.29, 0.717) is 23.1 Å². The molecule has 0 aliphatic heterocycles. The maximum atomic E-state index is 13.0. The molecule has 0 radical (unpaired) electrons. The zero-order valence-electron chi connectivity index (χ0n) is 11.6.